The fourth-order valence-corrected chi connectivity index (χ4v) is 5.05. The van der Waals surface area contributed by atoms with Gasteiger partial charge in [0.05, 0.1) is 0 Å². The summed E-state index contributed by atoms with van der Waals surface area (Å²) in [6.45, 7) is 1.38. The molecule has 0 bridgehead atoms. The van der Waals surface area contributed by atoms with Crippen molar-refractivity contribution in [1.82, 2.24) is 13.9 Å². The lowest BCUT2D eigenvalue weighted by Crippen LogP contribution is -2.47. The number of rotatable bonds is 8. The van der Waals surface area contributed by atoms with Gasteiger partial charge in [-0.05, 0) is 24.5 Å². The molecule has 2 rings (SSSR count). The molecular weight excluding hydrogens is 394 g/mol. The van der Waals surface area contributed by atoms with Gasteiger partial charge >= 0.3 is 0 Å². The van der Waals surface area contributed by atoms with Gasteiger partial charge in [-0.25, -0.2) is 0 Å². The summed E-state index contributed by atoms with van der Waals surface area (Å²) in [6, 6.07) is 7.75. The maximum Gasteiger partial charge on any atom is 0.281 e. The zero-order chi connectivity index (χ0) is 19.2. The molecular formula is C17H26ClN3O3S2. The number of nitrogens with one attached hydrogen (secondary N) is 1. The van der Waals surface area contributed by atoms with E-state index < -0.39 is 10.2 Å². The van der Waals surface area contributed by atoms with E-state index >= 15 is 0 Å². The predicted octanol–water partition coefficient (Wildman–Crippen LogP) is 2.21. The number of thioether (sulfide) groups is 1. The Morgan fingerprint density at radius 2 is 1.96 bits per heavy atom. The Morgan fingerprint density at radius 1 is 1.31 bits per heavy atom. The maximum atomic E-state index is 12.3. The zero-order valence-electron chi connectivity index (χ0n) is 15.2. The number of nitrogens with zero attached hydrogens (tertiary/aromatic N) is 2. The van der Waals surface area contributed by atoms with E-state index in [1.807, 2.05) is 24.3 Å². The molecule has 0 spiro atoms. The molecule has 1 heterocycles. The van der Waals surface area contributed by atoms with Gasteiger partial charge in [-0.3, -0.25) is 4.79 Å². The fourth-order valence-electron chi connectivity index (χ4n) is 2.77. The highest BCUT2D eigenvalue weighted by Crippen LogP contribution is 2.22. The van der Waals surface area contributed by atoms with E-state index in [1.54, 1.807) is 11.8 Å². The Hall–Kier alpha value is -0.800. The monoisotopic (exact) mass is 419 g/mol. The van der Waals surface area contributed by atoms with Crippen LogP contribution in [0.1, 0.15) is 18.4 Å². The molecule has 146 valence electrons. The third-order valence-corrected chi connectivity index (χ3v) is 7.69. The van der Waals surface area contributed by atoms with Crippen LogP contribution in [0.3, 0.4) is 0 Å². The lowest BCUT2D eigenvalue weighted by Gasteiger charge is -2.32. The number of carbonyl (C=O) groups is 1. The molecule has 0 saturated carbocycles. The van der Waals surface area contributed by atoms with Crippen molar-refractivity contribution in [1.29, 1.82) is 0 Å². The third kappa shape index (κ3) is 5.85. The molecule has 0 aliphatic carbocycles. The number of amides is 1. The van der Waals surface area contributed by atoms with Gasteiger partial charge in [0, 0.05) is 56.2 Å². The Balaban J connectivity index is 1.66. The normalized spacial score (nSPS) is 16.8. The molecule has 1 aromatic carbocycles. The van der Waals surface area contributed by atoms with Crippen molar-refractivity contribution in [3.05, 3.63) is 34.9 Å². The Morgan fingerprint density at radius 3 is 2.58 bits per heavy atom. The molecule has 0 atom stereocenters. The van der Waals surface area contributed by atoms with E-state index in [-0.39, 0.29) is 11.8 Å². The third-order valence-electron chi connectivity index (χ3n) is 4.37. The first-order valence-corrected chi connectivity index (χ1v) is 11.5. The van der Waals surface area contributed by atoms with Gasteiger partial charge in [0.1, 0.15) is 0 Å². The maximum absolute atomic E-state index is 12.3. The van der Waals surface area contributed by atoms with E-state index in [0.29, 0.717) is 32.5 Å². The van der Waals surface area contributed by atoms with Crippen LogP contribution in [-0.4, -0.2) is 62.4 Å². The first-order valence-electron chi connectivity index (χ1n) is 8.59. The minimum absolute atomic E-state index is 0.0187. The summed E-state index contributed by atoms with van der Waals surface area (Å²) < 4.78 is 26.8. The highest BCUT2D eigenvalue weighted by Gasteiger charge is 2.31. The van der Waals surface area contributed by atoms with Crippen molar-refractivity contribution in [2.45, 2.75) is 18.6 Å². The smallest absolute Gasteiger partial charge is 0.281 e. The molecule has 1 amide bonds. The van der Waals surface area contributed by atoms with Crippen molar-refractivity contribution in [3.8, 4) is 0 Å². The van der Waals surface area contributed by atoms with Crippen molar-refractivity contribution in [2.75, 3.05) is 39.5 Å². The first kappa shape index (κ1) is 21.5. The van der Waals surface area contributed by atoms with E-state index in [9.17, 15) is 13.2 Å². The van der Waals surface area contributed by atoms with E-state index in [0.717, 1.165) is 22.1 Å². The molecule has 1 aliphatic heterocycles. The Kier molecular flexibility index (Phi) is 8.22. The van der Waals surface area contributed by atoms with Crippen molar-refractivity contribution < 1.29 is 13.2 Å². The van der Waals surface area contributed by atoms with Gasteiger partial charge in [0.15, 0.2) is 0 Å². The molecule has 1 N–H and O–H groups in total. The van der Waals surface area contributed by atoms with Crippen LogP contribution in [0.5, 0.6) is 0 Å². The predicted molar refractivity (Wildman–Crippen MR) is 108 cm³/mol. The number of hydrogen-bond donors (Lipinski definition) is 1. The fraction of sp³-hybridized carbons (Fsp3) is 0.588. The van der Waals surface area contributed by atoms with E-state index in [1.165, 1.54) is 22.7 Å². The number of halogens is 1. The molecule has 1 fully saturated rings. The average molecular weight is 420 g/mol. The lowest BCUT2D eigenvalue weighted by molar-refractivity contribution is -0.125. The Bertz CT molecular complexity index is 705. The van der Waals surface area contributed by atoms with Crippen LogP contribution in [0.4, 0.5) is 0 Å². The number of piperidine rings is 1. The van der Waals surface area contributed by atoms with E-state index in [4.69, 9.17) is 11.6 Å². The summed E-state index contributed by atoms with van der Waals surface area (Å²) in [5.41, 5.74) is 1.10. The van der Waals surface area contributed by atoms with Gasteiger partial charge in [0.2, 0.25) is 5.91 Å². The quantitative estimate of drug-likeness (QED) is 0.656. The number of benzene rings is 1. The van der Waals surface area contributed by atoms with Crippen LogP contribution >= 0.6 is 23.4 Å². The van der Waals surface area contributed by atoms with Crippen molar-refractivity contribution >= 4 is 39.5 Å². The molecule has 0 aromatic heterocycles. The average Bonchev–Trinajstić information content (AvgIpc) is 2.62. The summed E-state index contributed by atoms with van der Waals surface area (Å²) in [5, 5.41) is 3.73. The molecule has 1 aromatic rings. The van der Waals surface area contributed by atoms with Crippen molar-refractivity contribution in [2.24, 2.45) is 5.92 Å². The van der Waals surface area contributed by atoms with Crippen LogP contribution in [0.2, 0.25) is 5.02 Å². The van der Waals surface area contributed by atoms with Gasteiger partial charge in [0.25, 0.3) is 10.2 Å². The molecule has 0 radical (unpaired) electrons. The standard InChI is InChI=1S/C17H26ClN3O3S2/c1-20(2)26(23,24)21-10-7-14(8-11-21)17(22)19-9-12-25-13-15-5-3-4-6-16(15)18/h3-6,14H,7-13H2,1-2H3,(H,19,22). The van der Waals surface area contributed by atoms with Gasteiger partial charge < -0.3 is 5.32 Å². The van der Waals surface area contributed by atoms with Gasteiger partial charge in [-0.1, -0.05) is 29.8 Å². The highest BCUT2D eigenvalue weighted by molar-refractivity contribution is 7.98. The van der Waals surface area contributed by atoms with Crippen LogP contribution in [0.25, 0.3) is 0 Å². The van der Waals surface area contributed by atoms with Gasteiger partial charge in [-0.15, -0.1) is 0 Å². The molecule has 26 heavy (non-hydrogen) atoms. The largest absolute Gasteiger partial charge is 0.355 e. The minimum atomic E-state index is -3.38. The first-order chi connectivity index (χ1) is 12.3. The van der Waals surface area contributed by atoms with Crippen LogP contribution in [-0.2, 0) is 20.8 Å². The molecule has 0 unspecified atom stereocenters. The number of hydrogen-bond acceptors (Lipinski definition) is 4. The van der Waals surface area contributed by atoms with Crippen LogP contribution < -0.4 is 5.32 Å². The summed E-state index contributed by atoms with van der Waals surface area (Å²) in [6.07, 6.45) is 1.12. The Labute approximate surface area is 165 Å². The second kappa shape index (κ2) is 9.94. The second-order valence-electron chi connectivity index (χ2n) is 6.40. The summed E-state index contributed by atoms with van der Waals surface area (Å²) >= 11 is 7.84. The molecule has 1 aliphatic rings. The topological polar surface area (TPSA) is 69.7 Å². The lowest BCUT2D eigenvalue weighted by atomic mass is 9.97. The zero-order valence-corrected chi connectivity index (χ0v) is 17.5. The molecule has 9 heteroatoms. The SMILES string of the molecule is CN(C)S(=O)(=O)N1CCC(C(=O)NCCSCc2ccccc2Cl)CC1. The van der Waals surface area contributed by atoms with Crippen LogP contribution in [0, 0.1) is 5.92 Å². The molecule has 6 nitrogen and oxygen atoms in total. The second-order valence-corrected chi connectivity index (χ2v) is 10.1. The summed E-state index contributed by atoms with van der Waals surface area (Å²) in [7, 11) is -0.338. The van der Waals surface area contributed by atoms with E-state index in [2.05, 4.69) is 5.32 Å². The van der Waals surface area contributed by atoms with Gasteiger partial charge in [-0.2, -0.15) is 28.8 Å². The summed E-state index contributed by atoms with van der Waals surface area (Å²) in [4.78, 5) is 12.3. The minimum Gasteiger partial charge on any atom is -0.355 e. The van der Waals surface area contributed by atoms with Crippen molar-refractivity contribution in [3.63, 3.8) is 0 Å². The molecule has 1 saturated heterocycles. The van der Waals surface area contributed by atoms with Crippen LogP contribution in [0.15, 0.2) is 24.3 Å². The highest BCUT2D eigenvalue weighted by atomic mass is 35.5. The number of carbonyl (C=O) groups excluding carboxylic acids is 1. The summed E-state index contributed by atoms with van der Waals surface area (Å²) in [5.74, 6) is 1.53.